The van der Waals surface area contributed by atoms with Crippen molar-refractivity contribution >= 4 is 6.29 Å². The third kappa shape index (κ3) is 3.22. The number of benzene rings is 2. The van der Waals surface area contributed by atoms with Gasteiger partial charge in [0.15, 0.2) is 6.29 Å². The first-order valence-corrected chi connectivity index (χ1v) is 6.62. The number of aromatic hydroxyl groups is 1. The minimum Gasteiger partial charge on any atom is -0.507 e. The molecule has 0 saturated carbocycles. The van der Waals surface area contributed by atoms with E-state index in [4.69, 9.17) is 0 Å². The lowest BCUT2D eigenvalue weighted by molar-refractivity contribution is 0.112. The summed E-state index contributed by atoms with van der Waals surface area (Å²) in [6.45, 7) is 2.19. The maximum atomic E-state index is 10.8. The number of carbonyl (C=O) groups is 1. The van der Waals surface area contributed by atoms with Crippen molar-refractivity contribution in [3.8, 4) is 16.9 Å². The molecule has 0 aliphatic rings. The lowest BCUT2D eigenvalue weighted by atomic mass is 10.00. The Kier molecular flexibility index (Phi) is 4.35. The van der Waals surface area contributed by atoms with Crippen LogP contribution in [0.1, 0.15) is 35.7 Å². The lowest BCUT2D eigenvalue weighted by Gasteiger charge is -2.06. The smallest absolute Gasteiger partial charge is 0.153 e. The summed E-state index contributed by atoms with van der Waals surface area (Å²) in [5.74, 6) is 0.0262. The van der Waals surface area contributed by atoms with Gasteiger partial charge in [0.05, 0.1) is 5.56 Å². The van der Waals surface area contributed by atoms with Crippen molar-refractivity contribution in [3.63, 3.8) is 0 Å². The van der Waals surface area contributed by atoms with E-state index in [9.17, 15) is 9.90 Å². The number of unbranched alkanes of at least 4 members (excludes halogenated alkanes) is 1. The Morgan fingerprint density at radius 3 is 2.37 bits per heavy atom. The van der Waals surface area contributed by atoms with Crippen LogP contribution in [0.15, 0.2) is 42.5 Å². The predicted molar refractivity (Wildman–Crippen MR) is 77.5 cm³/mol. The van der Waals surface area contributed by atoms with Crippen LogP contribution in [0, 0.1) is 0 Å². The highest BCUT2D eigenvalue weighted by Gasteiger charge is 2.03. The second-order valence-corrected chi connectivity index (χ2v) is 4.69. The van der Waals surface area contributed by atoms with Crippen LogP contribution in [-0.4, -0.2) is 11.4 Å². The van der Waals surface area contributed by atoms with Crippen LogP contribution in [-0.2, 0) is 6.42 Å². The molecule has 1 N–H and O–H groups in total. The van der Waals surface area contributed by atoms with Gasteiger partial charge in [-0.3, -0.25) is 4.79 Å². The molecule has 0 saturated heterocycles. The maximum Gasteiger partial charge on any atom is 0.153 e. The molecule has 0 fully saturated rings. The van der Waals surface area contributed by atoms with Crippen molar-refractivity contribution in [2.45, 2.75) is 26.2 Å². The molecule has 0 bridgehead atoms. The van der Waals surface area contributed by atoms with Crippen molar-refractivity contribution in [1.29, 1.82) is 0 Å². The van der Waals surface area contributed by atoms with Crippen molar-refractivity contribution in [1.82, 2.24) is 0 Å². The fraction of sp³-hybridized carbons (Fsp3) is 0.235. The van der Waals surface area contributed by atoms with Gasteiger partial charge in [-0.25, -0.2) is 0 Å². The number of hydrogen-bond donors (Lipinski definition) is 1. The number of carbonyl (C=O) groups excluding carboxylic acids is 1. The fourth-order valence-electron chi connectivity index (χ4n) is 2.07. The van der Waals surface area contributed by atoms with E-state index in [0.717, 1.165) is 17.5 Å². The van der Waals surface area contributed by atoms with E-state index in [2.05, 4.69) is 31.2 Å². The molecule has 98 valence electrons. The molecule has 2 rings (SSSR count). The number of aldehydes is 1. The van der Waals surface area contributed by atoms with Crippen LogP contribution in [0.5, 0.6) is 5.75 Å². The Hall–Kier alpha value is -2.09. The zero-order valence-corrected chi connectivity index (χ0v) is 11.1. The summed E-state index contributed by atoms with van der Waals surface area (Å²) in [7, 11) is 0. The quantitative estimate of drug-likeness (QED) is 0.811. The normalized spacial score (nSPS) is 10.4. The van der Waals surface area contributed by atoms with E-state index in [1.807, 2.05) is 6.07 Å². The second kappa shape index (κ2) is 6.19. The highest BCUT2D eigenvalue weighted by Crippen LogP contribution is 2.25. The van der Waals surface area contributed by atoms with Gasteiger partial charge in [-0.15, -0.1) is 0 Å². The first-order chi connectivity index (χ1) is 9.24. The summed E-state index contributed by atoms with van der Waals surface area (Å²) in [6, 6.07) is 13.5. The summed E-state index contributed by atoms with van der Waals surface area (Å²) in [6.07, 6.45) is 4.18. The molecule has 0 aliphatic carbocycles. The van der Waals surface area contributed by atoms with Crippen molar-refractivity contribution in [3.05, 3.63) is 53.6 Å². The number of rotatable bonds is 5. The molecular formula is C17H18O2. The molecular weight excluding hydrogens is 236 g/mol. The summed E-state index contributed by atoms with van der Waals surface area (Å²) in [5.41, 5.74) is 3.66. The molecule has 2 aromatic rings. The summed E-state index contributed by atoms with van der Waals surface area (Å²) >= 11 is 0. The largest absolute Gasteiger partial charge is 0.507 e. The van der Waals surface area contributed by atoms with E-state index < -0.39 is 0 Å². The van der Waals surface area contributed by atoms with E-state index in [0.29, 0.717) is 11.8 Å². The number of aryl methyl sites for hydroxylation is 1. The third-order valence-corrected chi connectivity index (χ3v) is 3.26. The minimum absolute atomic E-state index is 0.0262. The van der Waals surface area contributed by atoms with E-state index in [1.54, 1.807) is 12.1 Å². The van der Waals surface area contributed by atoms with Crippen molar-refractivity contribution in [2.75, 3.05) is 0 Å². The average molecular weight is 254 g/mol. The topological polar surface area (TPSA) is 37.3 Å². The maximum absolute atomic E-state index is 10.8. The highest BCUT2D eigenvalue weighted by molar-refractivity contribution is 5.82. The van der Waals surface area contributed by atoms with Gasteiger partial charge < -0.3 is 5.11 Å². The second-order valence-electron chi connectivity index (χ2n) is 4.69. The zero-order chi connectivity index (χ0) is 13.7. The number of phenols is 1. The van der Waals surface area contributed by atoms with Crippen LogP contribution in [0.2, 0.25) is 0 Å². The van der Waals surface area contributed by atoms with E-state index in [1.165, 1.54) is 18.4 Å². The van der Waals surface area contributed by atoms with Crippen LogP contribution in [0.25, 0.3) is 11.1 Å². The molecule has 19 heavy (non-hydrogen) atoms. The van der Waals surface area contributed by atoms with Gasteiger partial charge in [-0.05, 0) is 41.7 Å². The summed E-state index contributed by atoms with van der Waals surface area (Å²) in [5, 5.41) is 9.49. The molecule has 0 spiro atoms. The number of hydrogen-bond acceptors (Lipinski definition) is 2. The Morgan fingerprint density at radius 1 is 1.05 bits per heavy atom. The summed E-state index contributed by atoms with van der Waals surface area (Å²) in [4.78, 5) is 10.8. The molecule has 0 heterocycles. The summed E-state index contributed by atoms with van der Waals surface area (Å²) < 4.78 is 0. The van der Waals surface area contributed by atoms with Gasteiger partial charge in [-0.1, -0.05) is 43.7 Å². The van der Waals surface area contributed by atoms with E-state index >= 15 is 0 Å². The van der Waals surface area contributed by atoms with Gasteiger partial charge >= 0.3 is 0 Å². The third-order valence-electron chi connectivity index (χ3n) is 3.26. The molecule has 0 aliphatic heterocycles. The van der Waals surface area contributed by atoms with Gasteiger partial charge in [-0.2, -0.15) is 0 Å². The predicted octanol–water partition coefficient (Wildman–Crippen LogP) is 4.21. The monoisotopic (exact) mass is 254 g/mol. The minimum atomic E-state index is 0.0262. The van der Waals surface area contributed by atoms with Crippen LogP contribution in [0.3, 0.4) is 0 Å². The van der Waals surface area contributed by atoms with Crippen LogP contribution in [0.4, 0.5) is 0 Å². The van der Waals surface area contributed by atoms with Gasteiger partial charge in [0.25, 0.3) is 0 Å². The molecule has 0 radical (unpaired) electrons. The van der Waals surface area contributed by atoms with Gasteiger partial charge in [0.2, 0.25) is 0 Å². The first kappa shape index (κ1) is 13.3. The lowest BCUT2D eigenvalue weighted by Crippen LogP contribution is -1.87. The van der Waals surface area contributed by atoms with Crippen molar-refractivity contribution < 1.29 is 9.90 Å². The Labute approximate surface area is 113 Å². The Balaban J connectivity index is 2.24. The molecule has 0 aromatic heterocycles. The number of phenolic OH excluding ortho intramolecular Hbond substituents is 1. The molecule has 2 heteroatoms. The molecule has 2 nitrogen and oxygen atoms in total. The highest BCUT2D eigenvalue weighted by atomic mass is 16.3. The standard InChI is InChI=1S/C17H18O2/c1-2-3-4-13-5-7-14(8-6-13)15-9-10-17(19)16(11-15)12-18/h5-12,19H,2-4H2,1H3. The van der Waals surface area contributed by atoms with Gasteiger partial charge in [0, 0.05) is 0 Å². The van der Waals surface area contributed by atoms with Crippen LogP contribution < -0.4 is 0 Å². The van der Waals surface area contributed by atoms with Crippen molar-refractivity contribution in [2.24, 2.45) is 0 Å². The van der Waals surface area contributed by atoms with Gasteiger partial charge in [0.1, 0.15) is 5.75 Å². The molecule has 0 unspecified atom stereocenters. The SMILES string of the molecule is CCCCc1ccc(-c2ccc(O)c(C=O)c2)cc1. The molecule has 0 amide bonds. The average Bonchev–Trinajstić information content (AvgIpc) is 2.46. The zero-order valence-electron chi connectivity index (χ0n) is 11.1. The molecule has 0 atom stereocenters. The van der Waals surface area contributed by atoms with Crippen LogP contribution >= 0.6 is 0 Å². The first-order valence-electron chi connectivity index (χ1n) is 6.62. The fourth-order valence-corrected chi connectivity index (χ4v) is 2.07. The Morgan fingerprint density at radius 2 is 1.74 bits per heavy atom. The molecule has 2 aromatic carbocycles. The Bertz CT molecular complexity index is 556. The van der Waals surface area contributed by atoms with E-state index in [-0.39, 0.29) is 5.75 Å².